The topological polar surface area (TPSA) is 262 Å². The molecule has 0 radical (unpaired) electrons. The van der Waals surface area contributed by atoms with Gasteiger partial charge in [0.05, 0.1) is 12.7 Å². The normalized spacial score (nSPS) is 14.2. The van der Waals surface area contributed by atoms with Gasteiger partial charge >= 0.3 is 6.09 Å². The predicted octanol–water partition coefficient (Wildman–Crippen LogP) is 1.39. The fourth-order valence-electron chi connectivity index (χ4n) is 5.84. The van der Waals surface area contributed by atoms with Crippen LogP contribution < -0.4 is 32.2 Å². The van der Waals surface area contributed by atoms with Crippen LogP contribution in [0.3, 0.4) is 0 Å². The Kier molecular flexibility index (Phi) is 19.5. The Morgan fingerprint density at radius 2 is 1.60 bits per heavy atom. The van der Waals surface area contributed by atoms with E-state index in [1.165, 1.54) is 0 Å². The van der Waals surface area contributed by atoms with Crippen LogP contribution in [0, 0.1) is 12.8 Å². The first kappa shape index (κ1) is 45.3. The first-order valence-electron chi connectivity index (χ1n) is 18.5. The highest BCUT2D eigenvalue weighted by Gasteiger charge is 2.31. The second-order valence-corrected chi connectivity index (χ2v) is 13.9. The molecule has 0 aliphatic heterocycles. The summed E-state index contributed by atoms with van der Waals surface area (Å²) in [4.78, 5) is 35.2. The van der Waals surface area contributed by atoms with E-state index in [9.17, 15) is 30.0 Å². The number of aliphatic hydroxyl groups excluding tert-OH is 5. The number of anilines is 2. The van der Waals surface area contributed by atoms with Gasteiger partial charge in [-0.1, -0.05) is 74.2 Å². The minimum Gasteiger partial charge on any atom is -0.410 e. The molecule has 304 valence electrons. The molecular formula is C38H57ClN8O8. The van der Waals surface area contributed by atoms with Crippen molar-refractivity contribution in [1.29, 1.82) is 0 Å². The molecule has 5 atom stereocenters. The van der Waals surface area contributed by atoms with Crippen molar-refractivity contribution in [1.82, 2.24) is 30.8 Å². The highest BCUT2D eigenvalue weighted by atomic mass is 35.5. The number of unbranched alkanes of at least 4 members (excludes halogenated alkanes) is 3. The largest absolute Gasteiger partial charge is 0.412 e. The average Bonchev–Trinajstić information content (AvgIpc) is 3.17. The molecule has 0 aliphatic rings. The summed E-state index contributed by atoms with van der Waals surface area (Å²) in [5, 5.41) is 58.4. The van der Waals surface area contributed by atoms with Crippen LogP contribution in [0.4, 0.5) is 16.4 Å². The van der Waals surface area contributed by atoms with Crippen molar-refractivity contribution < 1.29 is 39.9 Å². The number of amides is 2. The monoisotopic (exact) mass is 788 g/mol. The summed E-state index contributed by atoms with van der Waals surface area (Å²) in [6.07, 6.45) is -2.42. The van der Waals surface area contributed by atoms with Crippen LogP contribution in [0.5, 0.6) is 5.75 Å². The van der Waals surface area contributed by atoms with Gasteiger partial charge in [0.1, 0.15) is 24.1 Å². The summed E-state index contributed by atoms with van der Waals surface area (Å²) < 4.78 is 5.45. The van der Waals surface area contributed by atoms with Crippen molar-refractivity contribution in [2.75, 3.05) is 57.3 Å². The number of benzene rings is 2. The molecule has 0 saturated heterocycles. The lowest BCUT2D eigenvalue weighted by atomic mass is 9.95. The Labute approximate surface area is 327 Å². The summed E-state index contributed by atoms with van der Waals surface area (Å²) in [5.74, 6) is -0.325. The molecule has 2 amide bonds. The Morgan fingerprint density at radius 3 is 2.29 bits per heavy atom. The van der Waals surface area contributed by atoms with E-state index in [-0.39, 0.29) is 41.5 Å². The number of nitrogens with one attached hydrogen (secondary N) is 3. The minimum atomic E-state index is -1.71. The van der Waals surface area contributed by atoms with E-state index in [0.717, 1.165) is 42.4 Å². The molecule has 12 N–H and O–H groups in total. The van der Waals surface area contributed by atoms with E-state index >= 15 is 0 Å². The SMILES string of the molecule is CCCCCCN(CCNC(=O)Oc1ccc(CNCC(CNC(=O)c2nc(Cl)c(N)nc2N)Cc2ccccc2C)cc1)CC(O)C(O)C(O)C(O)CO. The van der Waals surface area contributed by atoms with Crippen molar-refractivity contribution in [3.8, 4) is 5.75 Å². The van der Waals surface area contributed by atoms with E-state index in [4.69, 9.17) is 32.9 Å². The molecule has 5 unspecified atom stereocenters. The fourth-order valence-corrected chi connectivity index (χ4v) is 5.97. The third-order valence-corrected chi connectivity index (χ3v) is 9.41. The lowest BCUT2D eigenvalue weighted by Gasteiger charge is -2.30. The summed E-state index contributed by atoms with van der Waals surface area (Å²) in [5.41, 5.74) is 14.7. The van der Waals surface area contributed by atoms with Crippen molar-refractivity contribution in [3.63, 3.8) is 0 Å². The Hall–Kier alpha value is -4.13. The zero-order valence-corrected chi connectivity index (χ0v) is 32.3. The van der Waals surface area contributed by atoms with Gasteiger partial charge in [0.2, 0.25) is 0 Å². The third kappa shape index (κ3) is 15.5. The summed E-state index contributed by atoms with van der Waals surface area (Å²) in [6.45, 7) is 5.88. The zero-order chi connectivity index (χ0) is 40.3. The maximum Gasteiger partial charge on any atom is 0.412 e. The van der Waals surface area contributed by atoms with Gasteiger partial charge in [-0.2, -0.15) is 0 Å². The Bertz CT molecular complexity index is 1620. The van der Waals surface area contributed by atoms with E-state index < -0.39 is 43.0 Å². The highest BCUT2D eigenvalue weighted by Crippen LogP contribution is 2.18. The number of hydrogen-bond acceptors (Lipinski definition) is 14. The van der Waals surface area contributed by atoms with Gasteiger partial charge in [-0.15, -0.1) is 0 Å². The van der Waals surface area contributed by atoms with E-state index in [2.05, 4.69) is 38.9 Å². The van der Waals surface area contributed by atoms with Gasteiger partial charge in [-0.05, 0) is 61.1 Å². The molecule has 1 aromatic heterocycles. The number of carbonyl (C=O) groups is 2. The first-order valence-corrected chi connectivity index (χ1v) is 18.9. The molecule has 0 saturated carbocycles. The number of aliphatic hydroxyl groups is 5. The molecule has 3 aromatic rings. The van der Waals surface area contributed by atoms with Gasteiger partial charge < -0.3 is 57.7 Å². The summed E-state index contributed by atoms with van der Waals surface area (Å²) in [6, 6.07) is 15.1. The number of nitrogen functional groups attached to an aromatic ring is 2. The van der Waals surface area contributed by atoms with Crippen LogP contribution >= 0.6 is 11.6 Å². The van der Waals surface area contributed by atoms with Crippen LogP contribution in [0.15, 0.2) is 48.5 Å². The first-order chi connectivity index (χ1) is 26.3. The molecule has 2 aromatic carbocycles. The quantitative estimate of drug-likeness (QED) is 0.0576. The highest BCUT2D eigenvalue weighted by molar-refractivity contribution is 6.31. The van der Waals surface area contributed by atoms with Gasteiger partial charge in [0, 0.05) is 39.3 Å². The molecule has 1 heterocycles. The number of hydrogen-bond donors (Lipinski definition) is 10. The molecule has 17 heteroatoms. The van der Waals surface area contributed by atoms with Crippen LogP contribution in [0.25, 0.3) is 0 Å². The van der Waals surface area contributed by atoms with Gasteiger partial charge in [-0.3, -0.25) is 9.69 Å². The van der Waals surface area contributed by atoms with Crippen LogP contribution in [0.1, 0.15) is 59.8 Å². The molecule has 3 rings (SSSR count). The Morgan fingerprint density at radius 1 is 0.891 bits per heavy atom. The van der Waals surface area contributed by atoms with Gasteiger partial charge in [-0.25, -0.2) is 14.8 Å². The molecular weight excluding hydrogens is 732 g/mol. The van der Waals surface area contributed by atoms with Crippen molar-refractivity contribution in [2.45, 2.75) is 76.9 Å². The van der Waals surface area contributed by atoms with Gasteiger partial charge in [0.15, 0.2) is 22.5 Å². The van der Waals surface area contributed by atoms with E-state index in [1.54, 1.807) is 12.1 Å². The van der Waals surface area contributed by atoms with Crippen LogP contribution in [-0.2, 0) is 13.0 Å². The molecule has 0 fully saturated rings. The van der Waals surface area contributed by atoms with Crippen molar-refractivity contribution in [2.24, 2.45) is 5.92 Å². The standard InChI is InChI=1S/C38H57ClN8O8/c1-3-4-5-8-16-47(22-29(49)32(51)33(52)30(50)23-48)17-15-43-38(54)55-28-13-11-25(12-14-28)19-42-20-26(18-27-10-7-6-9-24(27)2)21-44-37(53)31-35(40)46-36(41)34(39)45-31/h6-7,9-14,26,29-30,32-33,42,48-52H,3-5,8,15-23H2,1-2H3,(H,43,54)(H,44,53)(H4,40,41,46). The number of nitrogens with two attached hydrogens (primary N) is 2. The molecule has 0 aliphatic carbocycles. The number of carbonyl (C=O) groups excluding carboxylic acids is 2. The maximum absolute atomic E-state index is 12.9. The van der Waals surface area contributed by atoms with Crippen LogP contribution in [-0.4, -0.2) is 123 Å². The van der Waals surface area contributed by atoms with Crippen LogP contribution in [0.2, 0.25) is 5.15 Å². The lowest BCUT2D eigenvalue weighted by Crippen LogP contribution is -2.50. The number of aryl methyl sites for hydroxylation is 1. The number of rotatable bonds is 24. The smallest absolute Gasteiger partial charge is 0.410 e. The summed E-state index contributed by atoms with van der Waals surface area (Å²) in [7, 11) is 0. The minimum absolute atomic E-state index is 0.00106. The number of halogens is 1. The summed E-state index contributed by atoms with van der Waals surface area (Å²) >= 11 is 5.97. The lowest BCUT2D eigenvalue weighted by molar-refractivity contribution is -0.119. The molecule has 0 spiro atoms. The maximum atomic E-state index is 12.9. The third-order valence-electron chi connectivity index (χ3n) is 9.13. The van der Waals surface area contributed by atoms with E-state index in [1.807, 2.05) is 42.2 Å². The number of nitrogens with zero attached hydrogens (tertiary/aromatic N) is 3. The fraction of sp³-hybridized carbons (Fsp3) is 0.526. The second kappa shape index (κ2) is 23.7. The van der Waals surface area contributed by atoms with E-state index in [0.29, 0.717) is 44.9 Å². The molecule has 0 bridgehead atoms. The average molecular weight is 789 g/mol. The van der Waals surface area contributed by atoms with Crippen molar-refractivity contribution >= 4 is 35.2 Å². The predicted molar refractivity (Wildman–Crippen MR) is 210 cm³/mol. The van der Waals surface area contributed by atoms with Crippen molar-refractivity contribution in [3.05, 3.63) is 76.1 Å². The number of ether oxygens (including phenoxy) is 1. The zero-order valence-electron chi connectivity index (χ0n) is 31.5. The Balaban J connectivity index is 1.50. The van der Waals surface area contributed by atoms with Gasteiger partial charge in [0.25, 0.3) is 5.91 Å². The molecule has 16 nitrogen and oxygen atoms in total. The number of aromatic nitrogens is 2. The molecule has 55 heavy (non-hydrogen) atoms. The second-order valence-electron chi connectivity index (χ2n) is 13.6.